The van der Waals surface area contributed by atoms with Gasteiger partial charge in [-0.25, -0.2) is 14.8 Å². The van der Waals surface area contributed by atoms with Crippen LogP contribution in [0.1, 0.15) is 112 Å². The molecule has 5 nitrogen and oxygen atoms in total. The normalized spacial score (nSPS) is 10.8. The van der Waals surface area contributed by atoms with E-state index in [-0.39, 0.29) is 0 Å². The minimum absolute atomic E-state index is 0.291. The SMILES string of the molecule is CCCCCCCCCc1cnc(-c2ccc(C(=O)Oc3ccc(CCCCCC)cc3C#N)cc2)nc1. The highest BCUT2D eigenvalue weighted by Gasteiger charge is 2.13. The number of benzene rings is 2. The van der Waals surface area contributed by atoms with E-state index >= 15 is 0 Å². The Labute approximate surface area is 228 Å². The monoisotopic (exact) mass is 511 g/mol. The van der Waals surface area contributed by atoms with E-state index in [0.717, 1.165) is 36.0 Å². The number of nitrogens with zero attached hydrogens (tertiary/aromatic N) is 3. The van der Waals surface area contributed by atoms with Crippen molar-refractivity contribution in [2.45, 2.75) is 97.3 Å². The molecule has 0 saturated carbocycles. The molecule has 1 aromatic heterocycles. The Kier molecular flexibility index (Phi) is 12.5. The zero-order valence-corrected chi connectivity index (χ0v) is 23.0. The fraction of sp³-hybridized carbons (Fsp3) is 0.455. The third kappa shape index (κ3) is 9.41. The maximum absolute atomic E-state index is 12.7. The van der Waals surface area contributed by atoms with Crippen LogP contribution in [-0.4, -0.2) is 15.9 Å². The number of unbranched alkanes of at least 4 members (excludes halogenated alkanes) is 9. The number of hydrogen-bond acceptors (Lipinski definition) is 5. The number of hydrogen-bond donors (Lipinski definition) is 0. The van der Waals surface area contributed by atoms with Gasteiger partial charge in [0.15, 0.2) is 5.82 Å². The van der Waals surface area contributed by atoms with Crippen molar-refractivity contribution in [3.63, 3.8) is 0 Å². The minimum Gasteiger partial charge on any atom is -0.422 e. The summed E-state index contributed by atoms with van der Waals surface area (Å²) in [5.41, 5.74) is 3.89. The molecule has 0 spiro atoms. The van der Waals surface area contributed by atoms with E-state index in [1.165, 1.54) is 64.2 Å². The molecule has 0 unspecified atom stereocenters. The Balaban J connectivity index is 1.52. The largest absolute Gasteiger partial charge is 0.422 e. The predicted octanol–water partition coefficient (Wildman–Crippen LogP) is 8.65. The highest BCUT2D eigenvalue weighted by Crippen LogP contribution is 2.23. The topological polar surface area (TPSA) is 75.9 Å². The standard InChI is InChI=1S/C33H41N3O2/c1-3-5-7-9-10-11-13-15-27-24-35-32(36-25-27)28-17-19-29(20-18-28)33(37)38-31-21-16-26(22-30(31)23-34)14-12-8-6-4-2/h16-22,24-25H,3-15H2,1-2H3. The predicted molar refractivity (Wildman–Crippen MR) is 153 cm³/mol. The Hall–Kier alpha value is -3.52. The second-order valence-corrected chi connectivity index (χ2v) is 10.0. The van der Waals surface area contributed by atoms with Crippen molar-refractivity contribution in [3.05, 3.63) is 77.1 Å². The van der Waals surface area contributed by atoms with Crippen molar-refractivity contribution in [2.24, 2.45) is 0 Å². The van der Waals surface area contributed by atoms with Crippen LogP contribution in [0.25, 0.3) is 11.4 Å². The van der Waals surface area contributed by atoms with Crippen LogP contribution < -0.4 is 4.74 Å². The molecule has 0 bridgehead atoms. The molecular weight excluding hydrogens is 470 g/mol. The molecule has 5 heteroatoms. The van der Waals surface area contributed by atoms with Crippen molar-refractivity contribution in [1.82, 2.24) is 9.97 Å². The van der Waals surface area contributed by atoms with Crippen molar-refractivity contribution in [3.8, 4) is 23.2 Å². The maximum Gasteiger partial charge on any atom is 0.343 e. The molecule has 0 fully saturated rings. The molecule has 0 radical (unpaired) electrons. The first-order chi connectivity index (χ1) is 18.6. The lowest BCUT2D eigenvalue weighted by Gasteiger charge is -2.09. The molecule has 3 rings (SSSR count). The van der Waals surface area contributed by atoms with Crippen LogP contribution in [0.15, 0.2) is 54.9 Å². The van der Waals surface area contributed by atoms with E-state index in [2.05, 4.69) is 29.9 Å². The number of aryl methyl sites for hydroxylation is 2. The summed E-state index contributed by atoms with van der Waals surface area (Å²) in [5, 5.41) is 9.56. The van der Waals surface area contributed by atoms with Gasteiger partial charge < -0.3 is 4.74 Å². The van der Waals surface area contributed by atoms with Crippen molar-refractivity contribution in [2.75, 3.05) is 0 Å². The number of carbonyl (C=O) groups excluding carboxylic acids is 1. The van der Waals surface area contributed by atoms with Crippen LogP contribution in [0.2, 0.25) is 0 Å². The molecule has 0 saturated heterocycles. The molecular formula is C33H41N3O2. The summed E-state index contributed by atoms with van der Waals surface area (Å²) in [6.07, 6.45) is 19.4. The van der Waals surface area contributed by atoms with Gasteiger partial charge in [-0.3, -0.25) is 0 Å². The third-order valence-corrected chi connectivity index (χ3v) is 6.84. The van der Waals surface area contributed by atoms with Crippen LogP contribution in [0.3, 0.4) is 0 Å². The van der Waals surface area contributed by atoms with Gasteiger partial charge in [0.25, 0.3) is 0 Å². The Morgan fingerprint density at radius 3 is 1.97 bits per heavy atom. The fourth-order valence-electron chi connectivity index (χ4n) is 4.50. The van der Waals surface area contributed by atoms with Crippen LogP contribution >= 0.6 is 0 Å². The molecule has 0 aliphatic heterocycles. The summed E-state index contributed by atoms with van der Waals surface area (Å²) in [6, 6.07) is 14.7. The lowest BCUT2D eigenvalue weighted by atomic mass is 10.0. The van der Waals surface area contributed by atoms with E-state index in [4.69, 9.17) is 4.74 Å². The van der Waals surface area contributed by atoms with Gasteiger partial charge in [0.2, 0.25) is 0 Å². The summed E-state index contributed by atoms with van der Waals surface area (Å²) in [6.45, 7) is 4.43. The first-order valence-electron chi connectivity index (χ1n) is 14.3. The molecule has 0 aliphatic carbocycles. The number of rotatable bonds is 16. The molecule has 3 aromatic rings. The quantitative estimate of drug-likeness (QED) is 0.109. The van der Waals surface area contributed by atoms with Gasteiger partial charge in [-0.2, -0.15) is 5.26 Å². The van der Waals surface area contributed by atoms with Gasteiger partial charge in [0, 0.05) is 18.0 Å². The highest BCUT2D eigenvalue weighted by molar-refractivity contribution is 5.91. The average molecular weight is 512 g/mol. The van der Waals surface area contributed by atoms with Crippen LogP contribution in [0.5, 0.6) is 5.75 Å². The zero-order valence-electron chi connectivity index (χ0n) is 23.0. The molecule has 0 atom stereocenters. The average Bonchev–Trinajstić information content (AvgIpc) is 2.96. The van der Waals surface area contributed by atoms with Crippen LogP contribution in [0, 0.1) is 11.3 Å². The van der Waals surface area contributed by atoms with Gasteiger partial charge in [0.1, 0.15) is 11.8 Å². The van der Waals surface area contributed by atoms with E-state index in [1.807, 2.05) is 36.7 Å². The highest BCUT2D eigenvalue weighted by atomic mass is 16.5. The van der Waals surface area contributed by atoms with E-state index in [0.29, 0.717) is 22.7 Å². The molecule has 38 heavy (non-hydrogen) atoms. The second kappa shape index (κ2) is 16.3. The molecule has 0 aliphatic rings. The Morgan fingerprint density at radius 1 is 0.763 bits per heavy atom. The van der Waals surface area contributed by atoms with Crippen LogP contribution in [-0.2, 0) is 12.8 Å². The van der Waals surface area contributed by atoms with Gasteiger partial charge in [-0.05, 0) is 61.1 Å². The molecule has 0 N–H and O–H groups in total. The fourth-order valence-corrected chi connectivity index (χ4v) is 4.50. The van der Waals surface area contributed by atoms with Crippen molar-refractivity contribution >= 4 is 5.97 Å². The molecule has 200 valence electrons. The number of nitriles is 1. The molecule has 0 amide bonds. The second-order valence-electron chi connectivity index (χ2n) is 10.0. The summed E-state index contributed by atoms with van der Waals surface area (Å²) < 4.78 is 5.56. The number of aromatic nitrogens is 2. The third-order valence-electron chi connectivity index (χ3n) is 6.84. The summed E-state index contributed by atoms with van der Waals surface area (Å²) >= 11 is 0. The Bertz CT molecular complexity index is 1160. The van der Waals surface area contributed by atoms with Crippen molar-refractivity contribution in [1.29, 1.82) is 5.26 Å². The van der Waals surface area contributed by atoms with Crippen molar-refractivity contribution < 1.29 is 9.53 Å². The van der Waals surface area contributed by atoms with Gasteiger partial charge in [-0.15, -0.1) is 0 Å². The van der Waals surface area contributed by atoms with Gasteiger partial charge >= 0.3 is 5.97 Å². The molecule has 2 aromatic carbocycles. The van der Waals surface area contributed by atoms with E-state index in [1.54, 1.807) is 18.2 Å². The smallest absolute Gasteiger partial charge is 0.343 e. The Morgan fingerprint density at radius 2 is 1.34 bits per heavy atom. The maximum atomic E-state index is 12.7. The summed E-state index contributed by atoms with van der Waals surface area (Å²) in [4.78, 5) is 21.8. The number of carbonyl (C=O) groups is 1. The van der Waals surface area contributed by atoms with Gasteiger partial charge in [-0.1, -0.05) is 89.8 Å². The molecule has 1 heterocycles. The number of ether oxygens (including phenoxy) is 1. The summed E-state index contributed by atoms with van der Waals surface area (Å²) in [7, 11) is 0. The first-order valence-corrected chi connectivity index (χ1v) is 14.3. The first kappa shape index (κ1) is 29.0. The zero-order chi connectivity index (χ0) is 27.0. The van der Waals surface area contributed by atoms with E-state index < -0.39 is 5.97 Å². The number of esters is 1. The van der Waals surface area contributed by atoms with Gasteiger partial charge in [0.05, 0.1) is 11.1 Å². The minimum atomic E-state index is -0.491. The lowest BCUT2D eigenvalue weighted by molar-refractivity contribution is 0.0734. The van der Waals surface area contributed by atoms with E-state index in [9.17, 15) is 10.1 Å². The summed E-state index contributed by atoms with van der Waals surface area (Å²) in [5.74, 6) is 0.433. The van der Waals surface area contributed by atoms with Crippen LogP contribution in [0.4, 0.5) is 0 Å². The lowest BCUT2D eigenvalue weighted by Crippen LogP contribution is -2.09.